The van der Waals surface area contributed by atoms with Crippen LogP contribution in [0.4, 0.5) is 5.69 Å². The number of hydrogen-bond donors (Lipinski definition) is 1. The van der Waals surface area contributed by atoms with E-state index in [4.69, 9.17) is 23.2 Å². The zero-order valence-corrected chi connectivity index (χ0v) is 12.4. The minimum absolute atomic E-state index is 0.199. The third-order valence-corrected chi connectivity index (χ3v) is 3.19. The molecule has 0 aliphatic heterocycles. The summed E-state index contributed by atoms with van der Waals surface area (Å²) in [6, 6.07) is 12.6. The summed E-state index contributed by atoms with van der Waals surface area (Å²) in [6.45, 7) is 1.89. The van der Waals surface area contributed by atoms with Crippen molar-refractivity contribution >= 4 is 40.9 Å². The van der Waals surface area contributed by atoms with E-state index in [9.17, 15) is 4.79 Å². The van der Waals surface area contributed by atoms with Crippen LogP contribution in [0.25, 0.3) is 6.08 Å². The number of carbonyl (C=O) groups is 1. The highest BCUT2D eigenvalue weighted by Gasteiger charge is 2.02. The average Bonchev–Trinajstić information content (AvgIpc) is 2.40. The van der Waals surface area contributed by atoms with Crippen molar-refractivity contribution in [3.05, 3.63) is 69.7 Å². The minimum Gasteiger partial charge on any atom is -0.322 e. The van der Waals surface area contributed by atoms with Gasteiger partial charge in [-0.15, -0.1) is 0 Å². The number of amides is 1. The second kappa shape index (κ2) is 6.60. The molecule has 102 valence electrons. The fourth-order valence-corrected chi connectivity index (χ4v) is 2.15. The van der Waals surface area contributed by atoms with Crippen molar-refractivity contribution in [1.29, 1.82) is 0 Å². The smallest absolute Gasteiger partial charge is 0.248 e. The standard InChI is InChI=1S/C16H13Cl2NO/c1-11-9-14(18)6-7-15(11)19-16(20)8-5-12-3-2-4-13(17)10-12/h2-10H,1H3,(H,19,20). The van der Waals surface area contributed by atoms with Crippen molar-refractivity contribution in [2.24, 2.45) is 0 Å². The van der Waals surface area contributed by atoms with Gasteiger partial charge in [0, 0.05) is 21.8 Å². The third kappa shape index (κ3) is 4.12. The largest absolute Gasteiger partial charge is 0.322 e. The Morgan fingerprint density at radius 3 is 2.55 bits per heavy atom. The summed E-state index contributed by atoms with van der Waals surface area (Å²) >= 11 is 11.7. The molecule has 2 rings (SSSR count). The molecule has 0 heterocycles. The van der Waals surface area contributed by atoms with E-state index in [0.717, 1.165) is 16.8 Å². The highest BCUT2D eigenvalue weighted by Crippen LogP contribution is 2.19. The number of carbonyl (C=O) groups excluding carboxylic acids is 1. The number of nitrogens with one attached hydrogen (secondary N) is 1. The summed E-state index contributed by atoms with van der Waals surface area (Å²) in [5.74, 6) is -0.199. The second-order valence-corrected chi connectivity index (χ2v) is 5.21. The maximum Gasteiger partial charge on any atom is 0.248 e. The van der Waals surface area contributed by atoms with Gasteiger partial charge in [-0.25, -0.2) is 0 Å². The van der Waals surface area contributed by atoms with E-state index in [-0.39, 0.29) is 5.91 Å². The lowest BCUT2D eigenvalue weighted by Crippen LogP contribution is -2.08. The molecule has 2 aromatic rings. The number of benzene rings is 2. The van der Waals surface area contributed by atoms with Crippen LogP contribution in [0.15, 0.2) is 48.5 Å². The van der Waals surface area contributed by atoms with Gasteiger partial charge in [-0.2, -0.15) is 0 Å². The fourth-order valence-electron chi connectivity index (χ4n) is 1.72. The Kier molecular flexibility index (Phi) is 4.83. The maximum atomic E-state index is 11.8. The van der Waals surface area contributed by atoms with Gasteiger partial charge in [-0.3, -0.25) is 4.79 Å². The Balaban J connectivity index is 2.05. The Bertz CT molecular complexity index is 665. The Morgan fingerprint density at radius 2 is 1.85 bits per heavy atom. The van der Waals surface area contributed by atoms with Crippen molar-refractivity contribution in [3.8, 4) is 0 Å². The summed E-state index contributed by atoms with van der Waals surface area (Å²) < 4.78 is 0. The third-order valence-electron chi connectivity index (χ3n) is 2.72. The van der Waals surface area contributed by atoms with Crippen molar-refractivity contribution in [2.45, 2.75) is 6.92 Å². The van der Waals surface area contributed by atoms with Crippen LogP contribution in [0.5, 0.6) is 0 Å². The quantitative estimate of drug-likeness (QED) is 0.798. The van der Waals surface area contributed by atoms with Gasteiger partial charge in [0.1, 0.15) is 0 Å². The lowest BCUT2D eigenvalue weighted by Gasteiger charge is -2.06. The van der Waals surface area contributed by atoms with Gasteiger partial charge in [0.2, 0.25) is 5.91 Å². The molecule has 0 fully saturated rings. The highest BCUT2D eigenvalue weighted by molar-refractivity contribution is 6.31. The Labute approximate surface area is 128 Å². The Morgan fingerprint density at radius 1 is 1.10 bits per heavy atom. The molecule has 0 aliphatic rings. The van der Waals surface area contributed by atoms with Crippen molar-refractivity contribution in [1.82, 2.24) is 0 Å². The predicted molar refractivity (Wildman–Crippen MR) is 85.3 cm³/mol. The van der Waals surface area contributed by atoms with E-state index in [1.54, 1.807) is 36.4 Å². The van der Waals surface area contributed by atoms with Crippen LogP contribution < -0.4 is 5.32 Å². The summed E-state index contributed by atoms with van der Waals surface area (Å²) in [5.41, 5.74) is 2.54. The van der Waals surface area contributed by atoms with E-state index >= 15 is 0 Å². The first-order chi connectivity index (χ1) is 9.54. The average molecular weight is 306 g/mol. The van der Waals surface area contributed by atoms with Crippen molar-refractivity contribution in [3.63, 3.8) is 0 Å². The molecule has 0 spiro atoms. The monoisotopic (exact) mass is 305 g/mol. The van der Waals surface area contributed by atoms with Crippen molar-refractivity contribution < 1.29 is 4.79 Å². The van der Waals surface area contributed by atoms with Crippen LogP contribution >= 0.6 is 23.2 Å². The predicted octanol–water partition coefficient (Wildman–Crippen LogP) is 4.95. The highest BCUT2D eigenvalue weighted by atomic mass is 35.5. The molecular formula is C16H13Cl2NO. The molecule has 2 aromatic carbocycles. The molecule has 0 saturated heterocycles. The maximum absolute atomic E-state index is 11.8. The molecule has 2 nitrogen and oxygen atoms in total. The van der Waals surface area contributed by atoms with Crippen LogP contribution in [0.1, 0.15) is 11.1 Å². The van der Waals surface area contributed by atoms with Crippen LogP contribution in [0, 0.1) is 6.92 Å². The zero-order valence-electron chi connectivity index (χ0n) is 10.9. The van der Waals surface area contributed by atoms with Gasteiger partial charge in [0.25, 0.3) is 0 Å². The first-order valence-electron chi connectivity index (χ1n) is 6.05. The molecule has 0 atom stereocenters. The number of halogens is 2. The first kappa shape index (κ1) is 14.6. The molecule has 0 aromatic heterocycles. The number of hydrogen-bond acceptors (Lipinski definition) is 1. The molecule has 0 aliphatic carbocycles. The van der Waals surface area contributed by atoms with Gasteiger partial charge in [-0.1, -0.05) is 35.3 Å². The van der Waals surface area contributed by atoms with E-state index in [1.807, 2.05) is 19.1 Å². The number of anilines is 1. The van der Waals surface area contributed by atoms with E-state index in [0.29, 0.717) is 10.0 Å². The Hall–Kier alpha value is -1.77. The summed E-state index contributed by atoms with van der Waals surface area (Å²) in [7, 11) is 0. The van der Waals surface area contributed by atoms with Gasteiger partial charge in [-0.05, 0) is 54.5 Å². The van der Waals surface area contributed by atoms with E-state index in [2.05, 4.69) is 5.32 Å². The van der Waals surface area contributed by atoms with Gasteiger partial charge < -0.3 is 5.32 Å². The molecule has 0 radical (unpaired) electrons. The lowest BCUT2D eigenvalue weighted by atomic mass is 10.2. The van der Waals surface area contributed by atoms with E-state index in [1.165, 1.54) is 6.08 Å². The molecule has 1 N–H and O–H groups in total. The molecule has 0 unspecified atom stereocenters. The van der Waals surface area contributed by atoms with Gasteiger partial charge in [0.15, 0.2) is 0 Å². The lowest BCUT2D eigenvalue weighted by molar-refractivity contribution is -0.111. The molecule has 0 saturated carbocycles. The number of aryl methyl sites for hydroxylation is 1. The molecule has 0 bridgehead atoms. The van der Waals surface area contributed by atoms with Gasteiger partial charge >= 0.3 is 0 Å². The molecular weight excluding hydrogens is 293 g/mol. The van der Waals surface area contributed by atoms with Crippen LogP contribution in [0.3, 0.4) is 0 Å². The summed E-state index contributed by atoms with van der Waals surface area (Å²) in [5, 5.41) is 4.09. The normalized spacial score (nSPS) is 10.8. The van der Waals surface area contributed by atoms with Crippen LogP contribution in [-0.2, 0) is 4.79 Å². The first-order valence-corrected chi connectivity index (χ1v) is 6.81. The SMILES string of the molecule is Cc1cc(Cl)ccc1NC(=O)C=Cc1cccc(Cl)c1. The second-order valence-electron chi connectivity index (χ2n) is 4.34. The van der Waals surface area contributed by atoms with Crippen molar-refractivity contribution in [2.75, 3.05) is 5.32 Å². The molecule has 4 heteroatoms. The summed E-state index contributed by atoms with van der Waals surface area (Å²) in [4.78, 5) is 11.8. The molecule has 1 amide bonds. The summed E-state index contributed by atoms with van der Waals surface area (Å²) in [6.07, 6.45) is 3.19. The van der Waals surface area contributed by atoms with E-state index < -0.39 is 0 Å². The van der Waals surface area contributed by atoms with Crippen LogP contribution in [-0.4, -0.2) is 5.91 Å². The fraction of sp³-hybridized carbons (Fsp3) is 0.0625. The molecule has 20 heavy (non-hydrogen) atoms. The van der Waals surface area contributed by atoms with Crippen LogP contribution in [0.2, 0.25) is 10.0 Å². The number of rotatable bonds is 3. The minimum atomic E-state index is -0.199. The van der Waals surface area contributed by atoms with Gasteiger partial charge in [0.05, 0.1) is 0 Å². The zero-order chi connectivity index (χ0) is 14.5. The topological polar surface area (TPSA) is 29.1 Å².